The van der Waals surface area contributed by atoms with Gasteiger partial charge >= 0.3 is 13.8 Å². The van der Waals surface area contributed by atoms with Gasteiger partial charge in [-0.25, -0.2) is 24.3 Å². The van der Waals surface area contributed by atoms with Crippen LogP contribution in [0.2, 0.25) is 0 Å². The third kappa shape index (κ3) is 8.60. The van der Waals surface area contributed by atoms with Crippen LogP contribution in [-0.4, -0.2) is 54.9 Å². The molecule has 3 aromatic rings. The molecule has 0 aliphatic heterocycles. The van der Waals surface area contributed by atoms with Crippen molar-refractivity contribution in [2.45, 2.75) is 72.7 Å². The van der Waals surface area contributed by atoms with Crippen LogP contribution in [-0.2, 0) is 22.9 Å². The van der Waals surface area contributed by atoms with E-state index in [2.05, 4.69) is 24.9 Å². The highest BCUT2D eigenvalue weighted by Gasteiger charge is 2.38. The Bertz CT molecular complexity index is 1240. The van der Waals surface area contributed by atoms with E-state index in [0.29, 0.717) is 5.69 Å². The van der Waals surface area contributed by atoms with Gasteiger partial charge in [0.25, 0.3) is 0 Å². The van der Waals surface area contributed by atoms with Crippen LogP contribution in [0.25, 0.3) is 11.4 Å². The molecule has 0 aromatic carbocycles. The molecule has 3 heterocycles. The van der Waals surface area contributed by atoms with Crippen LogP contribution >= 0.6 is 19.2 Å². The number of hydrogen-bond donors (Lipinski definition) is 0. The first-order valence-electron chi connectivity index (χ1n) is 11.8. The molecule has 0 spiro atoms. The van der Waals surface area contributed by atoms with Gasteiger partial charge in [0, 0.05) is 24.8 Å². The largest absolute Gasteiger partial charge is 0.477 e. The molecule has 0 unspecified atom stereocenters. The molecule has 0 atom stereocenters. The van der Waals surface area contributed by atoms with Crippen molar-refractivity contribution in [2.75, 3.05) is 11.6 Å². The Morgan fingerprint density at radius 3 is 2.16 bits per heavy atom. The quantitative estimate of drug-likeness (QED) is 0.167. The molecule has 0 saturated heterocycles. The number of thiazole rings is 1. The molecule has 0 amide bonds. The van der Waals surface area contributed by atoms with E-state index in [1.54, 1.807) is 61.5 Å². The maximum atomic E-state index is 13.7. The SMILES string of the molecule is CC(C)OC(=O)c1sc(N(COP(=O)(OC(C)(C)C)OC(C)(C)C)c2ncccn2)nc1-c1cnccn1. The Kier molecular flexibility index (Phi) is 9.32. The minimum atomic E-state index is -4.09. The summed E-state index contributed by atoms with van der Waals surface area (Å²) in [6, 6.07) is 1.65. The number of carbonyl (C=O) groups is 1. The number of ether oxygens (including phenoxy) is 1. The predicted octanol–water partition coefficient (Wildman–Crippen LogP) is 5.81. The summed E-state index contributed by atoms with van der Waals surface area (Å²) in [5, 5.41) is 0.269. The maximum absolute atomic E-state index is 13.7. The van der Waals surface area contributed by atoms with E-state index in [0.717, 1.165) is 11.3 Å². The van der Waals surface area contributed by atoms with Gasteiger partial charge in [0.05, 0.1) is 23.5 Å². The number of carbonyl (C=O) groups excluding carboxylic acids is 1. The zero-order valence-electron chi connectivity index (χ0n) is 22.7. The van der Waals surface area contributed by atoms with Crippen molar-refractivity contribution in [3.8, 4) is 11.4 Å². The molecule has 0 radical (unpaired) electrons. The van der Waals surface area contributed by atoms with Gasteiger partial charge in [-0.1, -0.05) is 11.3 Å². The molecular formula is C24H33N6O6PS. The molecular weight excluding hydrogens is 531 g/mol. The van der Waals surface area contributed by atoms with Gasteiger partial charge in [-0.15, -0.1) is 0 Å². The third-order valence-corrected chi connectivity index (χ3v) is 7.12. The standard InChI is InChI=1S/C24H33N6O6PS/c1-16(2)34-20(31)19-18(17-14-25-12-13-26-17)29-22(38-19)30(21-27-10-9-11-28-21)15-33-37(32,35-23(3,4)5)36-24(6,7)8/h9-14,16H,15H2,1-8H3. The second-order valence-electron chi connectivity index (χ2n) is 10.3. The molecule has 0 saturated carbocycles. The molecule has 14 heteroatoms. The minimum Gasteiger partial charge on any atom is -0.459 e. The first-order valence-corrected chi connectivity index (χ1v) is 14.1. The van der Waals surface area contributed by atoms with Crippen LogP contribution in [0.3, 0.4) is 0 Å². The lowest BCUT2D eigenvalue weighted by Crippen LogP contribution is -2.28. The fourth-order valence-corrected chi connectivity index (χ4v) is 5.61. The molecule has 38 heavy (non-hydrogen) atoms. The van der Waals surface area contributed by atoms with Crippen LogP contribution in [0, 0.1) is 0 Å². The van der Waals surface area contributed by atoms with Crippen LogP contribution in [0.15, 0.2) is 37.1 Å². The summed E-state index contributed by atoms with van der Waals surface area (Å²) < 4.78 is 36.4. The van der Waals surface area contributed by atoms with Crippen molar-refractivity contribution in [3.63, 3.8) is 0 Å². The smallest absolute Gasteiger partial charge is 0.459 e. The Morgan fingerprint density at radius 1 is 1.00 bits per heavy atom. The average Bonchev–Trinajstić information content (AvgIpc) is 3.23. The summed E-state index contributed by atoms with van der Waals surface area (Å²) in [6.45, 7) is 13.6. The number of hydrogen-bond acceptors (Lipinski definition) is 13. The number of rotatable bonds is 10. The zero-order chi connectivity index (χ0) is 28.1. The van der Waals surface area contributed by atoms with Crippen LogP contribution in [0.1, 0.15) is 65.1 Å². The van der Waals surface area contributed by atoms with E-state index in [4.69, 9.17) is 18.3 Å². The summed E-state index contributed by atoms with van der Waals surface area (Å²) in [5.74, 6) is -0.383. The van der Waals surface area contributed by atoms with Gasteiger partial charge in [-0.05, 0) is 61.5 Å². The minimum absolute atomic E-state index is 0.189. The van der Waals surface area contributed by atoms with Crippen molar-refractivity contribution in [1.82, 2.24) is 24.9 Å². The molecule has 0 bridgehead atoms. The first kappa shape index (κ1) is 29.7. The van der Waals surface area contributed by atoms with Gasteiger partial charge < -0.3 is 4.74 Å². The van der Waals surface area contributed by atoms with Crippen molar-refractivity contribution in [2.24, 2.45) is 0 Å². The highest BCUT2D eigenvalue weighted by Crippen LogP contribution is 2.55. The predicted molar refractivity (Wildman–Crippen MR) is 143 cm³/mol. The van der Waals surface area contributed by atoms with Gasteiger partial charge in [0.2, 0.25) is 5.95 Å². The lowest BCUT2D eigenvalue weighted by atomic mass is 10.2. The fourth-order valence-electron chi connectivity index (χ4n) is 2.92. The lowest BCUT2D eigenvalue weighted by Gasteiger charge is -2.32. The normalized spacial score (nSPS) is 12.6. The van der Waals surface area contributed by atoms with E-state index in [9.17, 15) is 9.36 Å². The summed E-state index contributed by atoms with van der Waals surface area (Å²) in [5.41, 5.74) is -1.02. The molecule has 3 rings (SSSR count). The molecule has 3 aromatic heterocycles. The molecule has 0 aliphatic carbocycles. The Labute approximate surface area is 226 Å². The van der Waals surface area contributed by atoms with Crippen molar-refractivity contribution >= 4 is 36.2 Å². The van der Waals surface area contributed by atoms with Gasteiger partial charge in [0.1, 0.15) is 23.0 Å². The third-order valence-electron chi connectivity index (χ3n) is 4.09. The van der Waals surface area contributed by atoms with Crippen molar-refractivity contribution < 1.29 is 27.7 Å². The van der Waals surface area contributed by atoms with E-state index < -0.39 is 25.0 Å². The summed E-state index contributed by atoms with van der Waals surface area (Å²) in [4.78, 5) is 36.3. The lowest BCUT2D eigenvalue weighted by molar-refractivity contribution is 0.00404. The summed E-state index contributed by atoms with van der Waals surface area (Å²) in [7, 11) is -4.09. The number of phosphoric ester groups is 1. The monoisotopic (exact) mass is 564 g/mol. The Morgan fingerprint density at radius 2 is 1.63 bits per heavy atom. The topological polar surface area (TPSA) is 139 Å². The van der Waals surface area contributed by atoms with E-state index in [-0.39, 0.29) is 34.5 Å². The zero-order valence-corrected chi connectivity index (χ0v) is 24.4. The van der Waals surface area contributed by atoms with Crippen molar-refractivity contribution in [3.05, 3.63) is 41.9 Å². The second-order valence-corrected chi connectivity index (χ2v) is 12.8. The van der Waals surface area contributed by atoms with E-state index in [1.807, 2.05) is 0 Å². The summed E-state index contributed by atoms with van der Waals surface area (Å²) in [6.07, 6.45) is 7.23. The number of phosphoric acid groups is 1. The highest BCUT2D eigenvalue weighted by molar-refractivity contribution is 7.48. The molecule has 0 aliphatic rings. The highest BCUT2D eigenvalue weighted by atomic mass is 32.1. The molecule has 206 valence electrons. The maximum Gasteiger partial charge on any atom is 0.477 e. The van der Waals surface area contributed by atoms with Crippen LogP contribution in [0.4, 0.5) is 11.1 Å². The van der Waals surface area contributed by atoms with Gasteiger partial charge in [-0.2, -0.15) is 0 Å². The Hall–Kier alpha value is -2.83. The van der Waals surface area contributed by atoms with Crippen LogP contribution < -0.4 is 4.90 Å². The summed E-state index contributed by atoms with van der Waals surface area (Å²) >= 11 is 1.03. The number of esters is 1. The Balaban J connectivity index is 2.06. The molecule has 0 fully saturated rings. The van der Waals surface area contributed by atoms with Gasteiger partial charge in [0.15, 0.2) is 5.13 Å². The second kappa shape index (κ2) is 11.9. The van der Waals surface area contributed by atoms with E-state index in [1.165, 1.54) is 35.9 Å². The number of aromatic nitrogens is 5. The number of nitrogens with zero attached hydrogens (tertiary/aromatic N) is 6. The molecule has 12 nitrogen and oxygen atoms in total. The van der Waals surface area contributed by atoms with Crippen LogP contribution in [0.5, 0.6) is 0 Å². The van der Waals surface area contributed by atoms with Gasteiger partial charge in [-0.3, -0.25) is 28.4 Å². The fraction of sp³-hybridized carbons (Fsp3) is 0.500. The van der Waals surface area contributed by atoms with E-state index >= 15 is 0 Å². The number of anilines is 2. The van der Waals surface area contributed by atoms with Crippen molar-refractivity contribution in [1.29, 1.82) is 0 Å². The first-order chi connectivity index (χ1) is 17.7. The molecule has 0 N–H and O–H groups in total. The average molecular weight is 565 g/mol.